The molecule has 0 aliphatic rings. The molecule has 0 aliphatic heterocycles. The van der Waals surface area contributed by atoms with Crippen LogP contribution in [0.2, 0.25) is 15.1 Å². The van der Waals surface area contributed by atoms with Crippen molar-refractivity contribution in [2.75, 3.05) is 14.2 Å². The molecule has 0 radical (unpaired) electrons. The molecule has 0 fully saturated rings. The summed E-state index contributed by atoms with van der Waals surface area (Å²) in [5.74, 6) is 1.89. The van der Waals surface area contributed by atoms with Gasteiger partial charge in [0.25, 0.3) is 5.56 Å². The Bertz CT molecular complexity index is 2090. The lowest BCUT2D eigenvalue weighted by atomic mass is 10.2. The Morgan fingerprint density at radius 2 is 1.70 bits per heavy atom. The van der Waals surface area contributed by atoms with E-state index in [4.69, 9.17) is 58.4 Å². The maximum absolute atomic E-state index is 13.6. The third-order valence-electron chi connectivity index (χ3n) is 6.68. The zero-order chi connectivity index (χ0) is 30.1. The largest absolute Gasteiger partial charge is 0.496 e. The molecular weight excluding hydrogens is 613 g/mol. The van der Waals surface area contributed by atoms with Crippen LogP contribution in [0.1, 0.15) is 11.1 Å². The van der Waals surface area contributed by atoms with Gasteiger partial charge in [-0.3, -0.25) is 4.79 Å². The molecule has 0 unspecified atom stereocenters. The normalized spacial score (nSPS) is 11.5. The van der Waals surface area contributed by atoms with Crippen LogP contribution in [-0.2, 0) is 6.61 Å². The Labute approximate surface area is 260 Å². The minimum absolute atomic E-state index is 0.142. The van der Waals surface area contributed by atoms with Crippen LogP contribution in [0.5, 0.6) is 17.2 Å². The molecule has 0 spiro atoms. The maximum atomic E-state index is 13.6. The van der Waals surface area contributed by atoms with Crippen molar-refractivity contribution >= 4 is 62.9 Å². The van der Waals surface area contributed by atoms with E-state index in [2.05, 4.69) is 5.10 Å². The zero-order valence-corrected chi connectivity index (χ0v) is 25.1. The molecule has 43 heavy (non-hydrogen) atoms. The molecule has 0 bridgehead atoms. The smallest absolute Gasteiger partial charge is 0.282 e. The molecule has 0 aliphatic carbocycles. The highest BCUT2D eigenvalue weighted by Crippen LogP contribution is 2.37. The van der Waals surface area contributed by atoms with Crippen LogP contribution in [0.25, 0.3) is 33.5 Å². The number of methoxy groups -OCH3 is 2. The average Bonchev–Trinajstić information content (AvgIpc) is 3.45. The Morgan fingerprint density at radius 1 is 0.884 bits per heavy atom. The highest BCUT2D eigenvalue weighted by molar-refractivity contribution is 6.35. The minimum atomic E-state index is -0.373. The summed E-state index contributed by atoms with van der Waals surface area (Å²) >= 11 is 18.9. The lowest BCUT2D eigenvalue weighted by Gasteiger charge is -2.14. The number of benzene rings is 4. The molecule has 6 rings (SSSR count). The lowest BCUT2D eigenvalue weighted by Crippen LogP contribution is -2.20. The number of halogens is 3. The SMILES string of the molecule is COc1cc(C=Nn2c(-c3cc4c(OC)cccc4o3)nc3ccccc3c2=O)cc(Cl)c1OCc1ccc(Cl)cc1Cl. The van der Waals surface area contributed by atoms with Gasteiger partial charge in [0.1, 0.15) is 17.9 Å². The topological polar surface area (TPSA) is 88.1 Å². The number of aromatic nitrogens is 2. The zero-order valence-electron chi connectivity index (χ0n) is 22.8. The van der Waals surface area contributed by atoms with E-state index in [0.717, 1.165) is 10.9 Å². The summed E-state index contributed by atoms with van der Waals surface area (Å²) in [7, 11) is 3.08. The number of furan rings is 1. The molecule has 216 valence electrons. The standard InChI is InChI=1S/C32H22Cl3N3O5/c1-40-26-8-5-9-27-22(26)15-29(43-27)31-37-25-7-4-3-6-21(25)32(39)38(31)36-16-18-12-24(35)30(28(13-18)41-2)42-17-19-10-11-20(33)14-23(19)34/h3-16H,17H2,1-2H3. The van der Waals surface area contributed by atoms with E-state index < -0.39 is 0 Å². The van der Waals surface area contributed by atoms with E-state index in [1.165, 1.54) is 18.0 Å². The number of ether oxygens (including phenoxy) is 3. The molecule has 6 aromatic rings. The Kier molecular flexibility index (Phi) is 7.99. The van der Waals surface area contributed by atoms with Crippen molar-refractivity contribution in [2.24, 2.45) is 5.10 Å². The molecule has 0 atom stereocenters. The molecule has 0 saturated carbocycles. The van der Waals surface area contributed by atoms with Crippen molar-refractivity contribution in [3.8, 4) is 28.8 Å². The highest BCUT2D eigenvalue weighted by atomic mass is 35.5. The van der Waals surface area contributed by atoms with Crippen LogP contribution in [0.15, 0.2) is 93.2 Å². The van der Waals surface area contributed by atoms with Crippen molar-refractivity contribution in [2.45, 2.75) is 6.61 Å². The quantitative estimate of drug-likeness (QED) is 0.157. The van der Waals surface area contributed by atoms with Gasteiger partial charge in [-0.1, -0.05) is 59.1 Å². The number of hydrogen-bond donors (Lipinski definition) is 0. The van der Waals surface area contributed by atoms with E-state index in [1.807, 2.05) is 24.3 Å². The van der Waals surface area contributed by atoms with E-state index in [1.54, 1.807) is 61.7 Å². The Morgan fingerprint density at radius 3 is 2.49 bits per heavy atom. The van der Waals surface area contributed by atoms with Gasteiger partial charge in [-0.05, 0) is 60.2 Å². The van der Waals surface area contributed by atoms with E-state index >= 15 is 0 Å². The fourth-order valence-electron chi connectivity index (χ4n) is 4.58. The molecule has 8 nitrogen and oxygen atoms in total. The predicted octanol–water partition coefficient (Wildman–Crippen LogP) is 8.25. The summed E-state index contributed by atoms with van der Waals surface area (Å²) in [4.78, 5) is 18.4. The van der Waals surface area contributed by atoms with Gasteiger partial charge < -0.3 is 18.6 Å². The Balaban J connectivity index is 1.40. The second kappa shape index (κ2) is 12.0. The summed E-state index contributed by atoms with van der Waals surface area (Å²) in [5.41, 5.74) is 2.00. The van der Waals surface area contributed by atoms with Crippen molar-refractivity contribution < 1.29 is 18.6 Å². The number of para-hydroxylation sites is 1. The van der Waals surface area contributed by atoms with Gasteiger partial charge in [-0.2, -0.15) is 9.78 Å². The van der Waals surface area contributed by atoms with Crippen LogP contribution >= 0.6 is 34.8 Å². The fourth-order valence-corrected chi connectivity index (χ4v) is 5.32. The minimum Gasteiger partial charge on any atom is -0.496 e. The van der Waals surface area contributed by atoms with Gasteiger partial charge in [-0.15, -0.1) is 0 Å². The van der Waals surface area contributed by atoms with Gasteiger partial charge >= 0.3 is 0 Å². The fraction of sp³-hybridized carbons (Fsp3) is 0.0938. The van der Waals surface area contributed by atoms with Crippen molar-refractivity contribution in [3.63, 3.8) is 0 Å². The monoisotopic (exact) mass is 633 g/mol. The number of hydrogen-bond acceptors (Lipinski definition) is 7. The molecule has 11 heteroatoms. The first-order valence-corrected chi connectivity index (χ1v) is 14.1. The third-order valence-corrected chi connectivity index (χ3v) is 7.54. The maximum Gasteiger partial charge on any atom is 0.282 e. The molecule has 4 aromatic carbocycles. The van der Waals surface area contributed by atoms with Crippen LogP contribution in [-0.4, -0.2) is 30.1 Å². The van der Waals surface area contributed by atoms with Crippen molar-refractivity contribution in [1.29, 1.82) is 0 Å². The van der Waals surface area contributed by atoms with E-state index in [0.29, 0.717) is 55.1 Å². The van der Waals surface area contributed by atoms with Crippen molar-refractivity contribution in [1.82, 2.24) is 9.66 Å². The van der Waals surface area contributed by atoms with Gasteiger partial charge in [-0.25, -0.2) is 4.98 Å². The summed E-state index contributed by atoms with van der Waals surface area (Å²) < 4.78 is 24.3. The summed E-state index contributed by atoms with van der Waals surface area (Å²) in [5, 5.41) is 6.93. The molecular formula is C32H22Cl3N3O5. The van der Waals surface area contributed by atoms with Crippen LogP contribution in [0.4, 0.5) is 0 Å². The molecule has 0 saturated heterocycles. The van der Waals surface area contributed by atoms with E-state index in [-0.39, 0.29) is 23.0 Å². The van der Waals surface area contributed by atoms with Gasteiger partial charge in [0.15, 0.2) is 17.3 Å². The molecule has 0 amide bonds. The van der Waals surface area contributed by atoms with E-state index in [9.17, 15) is 4.79 Å². The van der Waals surface area contributed by atoms with Crippen LogP contribution < -0.4 is 19.8 Å². The first kappa shape index (κ1) is 28.6. The summed E-state index contributed by atoms with van der Waals surface area (Å²) in [6.45, 7) is 0.142. The van der Waals surface area contributed by atoms with Crippen LogP contribution in [0, 0.1) is 0 Å². The first-order chi connectivity index (χ1) is 20.9. The van der Waals surface area contributed by atoms with Gasteiger partial charge in [0, 0.05) is 15.6 Å². The molecule has 2 heterocycles. The number of nitrogens with zero attached hydrogens (tertiary/aromatic N) is 3. The first-order valence-electron chi connectivity index (χ1n) is 12.9. The average molecular weight is 635 g/mol. The highest BCUT2D eigenvalue weighted by Gasteiger charge is 2.18. The summed E-state index contributed by atoms with van der Waals surface area (Å²) in [6, 6.07) is 22.8. The summed E-state index contributed by atoms with van der Waals surface area (Å²) in [6.07, 6.45) is 1.48. The third kappa shape index (κ3) is 5.64. The number of rotatable bonds is 8. The lowest BCUT2D eigenvalue weighted by molar-refractivity contribution is 0.285. The van der Waals surface area contributed by atoms with Gasteiger partial charge in [0.2, 0.25) is 5.82 Å². The van der Waals surface area contributed by atoms with Crippen molar-refractivity contribution in [3.05, 3.63) is 115 Å². The molecule has 2 aromatic heterocycles. The molecule has 0 N–H and O–H groups in total. The second-order valence-electron chi connectivity index (χ2n) is 9.36. The Hall–Kier alpha value is -4.50. The predicted molar refractivity (Wildman–Crippen MR) is 170 cm³/mol. The van der Waals surface area contributed by atoms with Gasteiger partial charge in [0.05, 0.1) is 41.7 Å². The second-order valence-corrected chi connectivity index (χ2v) is 10.6. The van der Waals surface area contributed by atoms with Crippen LogP contribution in [0.3, 0.4) is 0 Å². The number of fused-ring (bicyclic) bond motifs is 2.